The van der Waals surface area contributed by atoms with E-state index in [1.165, 1.54) is 0 Å². The second-order valence-electron chi connectivity index (χ2n) is 5.95. The quantitative estimate of drug-likeness (QED) is 0.472. The number of carbonyl (C=O) groups is 2. The Morgan fingerprint density at radius 3 is 2.69 bits per heavy atom. The first-order valence-corrected chi connectivity index (χ1v) is 9.95. The third-order valence-electron chi connectivity index (χ3n) is 4.00. The number of halogens is 1. The summed E-state index contributed by atoms with van der Waals surface area (Å²) in [6.45, 7) is 1.96. The molecule has 0 unspecified atom stereocenters. The molecular formula is C20H15ClN4O3S. The molecule has 146 valence electrons. The number of para-hydroxylation sites is 1. The Bertz CT molecular complexity index is 1200. The first-order chi connectivity index (χ1) is 14.1. The predicted molar refractivity (Wildman–Crippen MR) is 112 cm³/mol. The predicted octanol–water partition coefficient (Wildman–Crippen LogP) is 4.56. The Labute approximate surface area is 174 Å². The van der Waals surface area contributed by atoms with Crippen LogP contribution in [0.25, 0.3) is 16.0 Å². The van der Waals surface area contributed by atoms with Crippen LogP contribution in [0.5, 0.6) is 0 Å². The molecule has 0 saturated heterocycles. The van der Waals surface area contributed by atoms with Crippen molar-refractivity contribution in [2.75, 3.05) is 11.9 Å². The van der Waals surface area contributed by atoms with Gasteiger partial charge in [0, 0.05) is 10.6 Å². The van der Waals surface area contributed by atoms with Crippen LogP contribution in [0, 0.1) is 0 Å². The van der Waals surface area contributed by atoms with Crippen LogP contribution >= 0.6 is 22.9 Å². The number of nitrogens with one attached hydrogen (secondary N) is 1. The number of anilines is 1. The number of thiazole rings is 1. The highest BCUT2D eigenvalue weighted by Gasteiger charge is 2.24. The molecule has 2 aromatic carbocycles. The van der Waals surface area contributed by atoms with Gasteiger partial charge in [0.1, 0.15) is 4.70 Å². The smallest absolute Gasteiger partial charge is 0.360 e. The minimum atomic E-state index is -0.538. The molecule has 0 radical (unpaired) electrons. The summed E-state index contributed by atoms with van der Waals surface area (Å²) in [4.78, 5) is 29.4. The van der Waals surface area contributed by atoms with Crippen molar-refractivity contribution in [1.29, 1.82) is 0 Å². The van der Waals surface area contributed by atoms with Crippen LogP contribution in [0.2, 0.25) is 5.02 Å². The van der Waals surface area contributed by atoms with Crippen molar-refractivity contribution in [3.63, 3.8) is 0 Å². The summed E-state index contributed by atoms with van der Waals surface area (Å²) in [5.74, 6) is -0.885. The molecule has 0 aliphatic rings. The van der Waals surface area contributed by atoms with E-state index < -0.39 is 5.97 Å². The maximum absolute atomic E-state index is 12.5. The van der Waals surface area contributed by atoms with Crippen molar-refractivity contribution in [1.82, 2.24) is 14.8 Å². The third-order valence-corrected chi connectivity index (χ3v) is 5.20. The molecule has 29 heavy (non-hydrogen) atoms. The number of hydrogen-bond acceptors (Lipinski definition) is 6. The molecule has 0 saturated carbocycles. The van der Waals surface area contributed by atoms with E-state index in [4.69, 9.17) is 16.3 Å². The summed E-state index contributed by atoms with van der Waals surface area (Å²) in [6, 6.07) is 15.9. The average Bonchev–Trinajstić information content (AvgIpc) is 3.27. The van der Waals surface area contributed by atoms with E-state index in [0.717, 1.165) is 17.0 Å². The Hall–Kier alpha value is -3.23. The maximum atomic E-state index is 12.5. The summed E-state index contributed by atoms with van der Waals surface area (Å²) < 4.78 is 7.22. The van der Waals surface area contributed by atoms with Gasteiger partial charge >= 0.3 is 5.97 Å². The number of rotatable bonds is 5. The monoisotopic (exact) mass is 426 g/mol. The van der Waals surface area contributed by atoms with Gasteiger partial charge in [-0.3, -0.25) is 10.1 Å². The van der Waals surface area contributed by atoms with Crippen LogP contribution in [0.3, 0.4) is 0 Å². The third kappa shape index (κ3) is 3.85. The molecular weight excluding hydrogens is 412 g/mol. The highest BCUT2D eigenvalue weighted by atomic mass is 35.5. The Morgan fingerprint density at radius 2 is 1.97 bits per heavy atom. The lowest BCUT2D eigenvalue weighted by Crippen LogP contribution is -2.11. The topological polar surface area (TPSA) is 86.1 Å². The van der Waals surface area contributed by atoms with Crippen molar-refractivity contribution in [3.8, 4) is 5.69 Å². The van der Waals surface area contributed by atoms with E-state index in [9.17, 15) is 9.59 Å². The van der Waals surface area contributed by atoms with Crippen LogP contribution < -0.4 is 5.32 Å². The lowest BCUT2D eigenvalue weighted by atomic mass is 10.2. The summed E-state index contributed by atoms with van der Waals surface area (Å²) in [5, 5.41) is 7.95. The molecule has 2 heterocycles. The van der Waals surface area contributed by atoms with Gasteiger partial charge in [-0.25, -0.2) is 9.48 Å². The van der Waals surface area contributed by atoms with Gasteiger partial charge in [0.05, 0.1) is 12.3 Å². The van der Waals surface area contributed by atoms with Crippen molar-refractivity contribution in [2.24, 2.45) is 0 Å². The van der Waals surface area contributed by atoms with Gasteiger partial charge in [0.2, 0.25) is 0 Å². The van der Waals surface area contributed by atoms with Gasteiger partial charge in [-0.05, 0) is 37.3 Å². The first-order valence-electron chi connectivity index (χ1n) is 8.76. The zero-order chi connectivity index (χ0) is 20.4. The lowest BCUT2D eigenvalue weighted by molar-refractivity contribution is 0.0521. The molecule has 1 amide bonds. The van der Waals surface area contributed by atoms with Crippen molar-refractivity contribution in [3.05, 3.63) is 70.9 Å². The molecule has 9 heteroatoms. The molecule has 4 aromatic rings. The second kappa shape index (κ2) is 8.02. The molecule has 1 N–H and O–H groups in total. The zero-order valence-corrected chi connectivity index (χ0v) is 16.8. The number of ether oxygens (including phenoxy) is 1. The van der Waals surface area contributed by atoms with Crippen LogP contribution in [0.4, 0.5) is 5.13 Å². The minimum Gasteiger partial charge on any atom is -0.461 e. The molecule has 4 rings (SSSR count). The standard InChI is InChI=1S/C20H15ClN4O3S/c1-2-28-19(27)15-16-17(25(24-15)14-9-4-3-5-10-14)22-20(29-16)23-18(26)12-7-6-8-13(21)11-12/h3-11H,2H2,1H3,(H,22,23,26). The summed E-state index contributed by atoms with van der Waals surface area (Å²) >= 11 is 7.12. The van der Waals surface area contributed by atoms with Crippen molar-refractivity contribution >= 4 is 50.3 Å². The lowest BCUT2D eigenvalue weighted by Gasteiger charge is -2.03. The Kier molecular flexibility index (Phi) is 5.28. The zero-order valence-electron chi connectivity index (χ0n) is 15.3. The average molecular weight is 427 g/mol. The summed E-state index contributed by atoms with van der Waals surface area (Å²) in [5.41, 5.74) is 1.77. The van der Waals surface area contributed by atoms with E-state index in [1.54, 1.807) is 35.9 Å². The SMILES string of the molecule is CCOC(=O)c1nn(-c2ccccc2)c2nc(NC(=O)c3cccc(Cl)c3)sc12. The molecule has 0 aliphatic heterocycles. The van der Waals surface area contributed by atoms with Gasteiger partial charge in [0.15, 0.2) is 16.5 Å². The van der Waals surface area contributed by atoms with Gasteiger partial charge < -0.3 is 4.74 Å². The fourth-order valence-corrected chi connectivity index (χ4v) is 3.84. The number of benzene rings is 2. The van der Waals surface area contributed by atoms with Crippen LogP contribution in [0.1, 0.15) is 27.8 Å². The number of hydrogen-bond donors (Lipinski definition) is 1. The number of carbonyl (C=O) groups excluding carboxylic acids is 2. The fraction of sp³-hybridized carbons (Fsp3) is 0.100. The van der Waals surface area contributed by atoms with Crippen molar-refractivity contribution < 1.29 is 14.3 Å². The highest BCUT2D eigenvalue weighted by molar-refractivity contribution is 7.22. The highest BCUT2D eigenvalue weighted by Crippen LogP contribution is 2.31. The molecule has 0 atom stereocenters. The molecule has 2 aromatic heterocycles. The Morgan fingerprint density at radius 1 is 1.17 bits per heavy atom. The van der Waals surface area contributed by atoms with E-state index in [0.29, 0.717) is 26.1 Å². The van der Waals surface area contributed by atoms with Gasteiger partial charge in [-0.1, -0.05) is 47.2 Å². The second-order valence-corrected chi connectivity index (χ2v) is 7.39. The van der Waals surface area contributed by atoms with Crippen molar-refractivity contribution in [2.45, 2.75) is 6.92 Å². The molecule has 0 spiro atoms. The number of aromatic nitrogens is 3. The summed E-state index contributed by atoms with van der Waals surface area (Å²) in [6.07, 6.45) is 0. The number of fused-ring (bicyclic) bond motifs is 1. The normalized spacial score (nSPS) is 10.8. The minimum absolute atomic E-state index is 0.159. The van der Waals surface area contributed by atoms with Gasteiger partial charge in [-0.15, -0.1) is 0 Å². The molecule has 0 bridgehead atoms. The number of amides is 1. The van der Waals surface area contributed by atoms with E-state index >= 15 is 0 Å². The molecule has 7 nitrogen and oxygen atoms in total. The van der Waals surface area contributed by atoms with Gasteiger partial charge in [-0.2, -0.15) is 10.1 Å². The van der Waals surface area contributed by atoms with Crippen LogP contribution in [-0.2, 0) is 4.74 Å². The first kappa shape index (κ1) is 19.1. The number of nitrogens with zero attached hydrogens (tertiary/aromatic N) is 3. The maximum Gasteiger partial charge on any atom is 0.360 e. The van der Waals surface area contributed by atoms with Crippen LogP contribution in [-0.4, -0.2) is 33.2 Å². The fourth-order valence-electron chi connectivity index (χ4n) is 2.74. The Balaban J connectivity index is 1.75. The van der Waals surface area contributed by atoms with E-state index in [1.807, 2.05) is 30.3 Å². The van der Waals surface area contributed by atoms with E-state index in [-0.39, 0.29) is 18.2 Å². The summed E-state index contributed by atoms with van der Waals surface area (Å²) in [7, 11) is 0. The molecule has 0 fully saturated rings. The van der Waals surface area contributed by atoms with E-state index in [2.05, 4.69) is 15.4 Å². The number of esters is 1. The molecule has 0 aliphatic carbocycles. The van der Waals surface area contributed by atoms with Crippen LogP contribution in [0.15, 0.2) is 54.6 Å². The largest absolute Gasteiger partial charge is 0.461 e. The van der Waals surface area contributed by atoms with Gasteiger partial charge in [0.25, 0.3) is 5.91 Å².